The number of hydrogen-bond donors (Lipinski definition) is 0. The van der Waals surface area contributed by atoms with Crippen molar-refractivity contribution in [3.63, 3.8) is 0 Å². The maximum atomic E-state index is 14.2. The fourth-order valence-corrected chi connectivity index (χ4v) is 4.98. The van der Waals surface area contributed by atoms with Gasteiger partial charge in [-0.1, -0.05) is 0 Å². The number of anilines is 1. The largest absolute Gasteiger partial charge is 0.497 e. The van der Waals surface area contributed by atoms with Crippen molar-refractivity contribution in [1.82, 2.24) is 4.98 Å². The Morgan fingerprint density at radius 3 is 2.31 bits per heavy atom. The number of sulfonamides is 1. The molecule has 0 saturated heterocycles. The van der Waals surface area contributed by atoms with E-state index in [4.69, 9.17) is 9.47 Å². The third-order valence-corrected chi connectivity index (χ3v) is 6.65. The number of benzene rings is 2. The highest BCUT2D eigenvalue weighted by Gasteiger charge is 2.34. The molecule has 0 bridgehead atoms. The second-order valence-electron chi connectivity index (χ2n) is 5.70. The van der Waals surface area contributed by atoms with E-state index in [1.807, 2.05) is 0 Å². The molecule has 154 valence electrons. The molecule has 0 N–H and O–H groups in total. The molecule has 1 heterocycles. The van der Waals surface area contributed by atoms with Gasteiger partial charge < -0.3 is 9.47 Å². The summed E-state index contributed by atoms with van der Waals surface area (Å²) in [7, 11) is -1.92. The summed E-state index contributed by atoms with van der Waals surface area (Å²) in [5.41, 5.74) is 0.398. The molecule has 0 fully saturated rings. The zero-order valence-electron chi connectivity index (χ0n) is 15.2. The highest BCUT2D eigenvalue weighted by molar-refractivity contribution is 7.93. The molecule has 0 spiro atoms. The normalized spacial score (nSPS) is 11.3. The first-order valence-electron chi connectivity index (χ1n) is 8.05. The summed E-state index contributed by atoms with van der Waals surface area (Å²) in [6.45, 7) is -0.334. The minimum atomic E-state index is -4.76. The summed E-state index contributed by atoms with van der Waals surface area (Å²) >= 11 is 0.959. The van der Waals surface area contributed by atoms with Gasteiger partial charge in [-0.2, -0.15) is 0 Å². The summed E-state index contributed by atoms with van der Waals surface area (Å²) in [6.07, 6.45) is 1.35. The molecule has 11 heteroatoms. The molecule has 0 aliphatic rings. The Kier molecular flexibility index (Phi) is 5.99. The van der Waals surface area contributed by atoms with Gasteiger partial charge in [-0.3, -0.25) is 0 Å². The zero-order valence-corrected chi connectivity index (χ0v) is 16.9. The van der Waals surface area contributed by atoms with Gasteiger partial charge in [-0.25, -0.2) is 30.9 Å². The van der Waals surface area contributed by atoms with E-state index in [0.717, 1.165) is 15.6 Å². The van der Waals surface area contributed by atoms with Crippen LogP contribution in [-0.2, 0) is 16.6 Å². The van der Waals surface area contributed by atoms with Gasteiger partial charge in [0.2, 0.25) is 0 Å². The van der Waals surface area contributed by atoms with Gasteiger partial charge in [-0.15, -0.1) is 11.3 Å². The number of rotatable bonds is 7. The van der Waals surface area contributed by atoms with Crippen LogP contribution in [0.5, 0.6) is 11.5 Å². The molecule has 3 aromatic rings. The van der Waals surface area contributed by atoms with Gasteiger partial charge in [-0.05, 0) is 12.1 Å². The molecule has 0 amide bonds. The first kappa shape index (κ1) is 20.9. The Labute approximate surface area is 169 Å². The maximum Gasteiger partial charge on any atom is 0.272 e. The van der Waals surface area contributed by atoms with Crippen molar-refractivity contribution in [2.75, 3.05) is 18.5 Å². The minimum absolute atomic E-state index is 0.0222. The Morgan fingerprint density at radius 2 is 1.76 bits per heavy atom. The van der Waals surface area contributed by atoms with E-state index >= 15 is 0 Å². The third kappa shape index (κ3) is 4.15. The molecule has 0 aliphatic carbocycles. The molecular weight excluding hydrogens is 429 g/mol. The number of ether oxygens (including phenoxy) is 2. The predicted molar refractivity (Wildman–Crippen MR) is 101 cm³/mol. The number of thiazole rings is 1. The molecule has 0 radical (unpaired) electrons. The van der Waals surface area contributed by atoms with Crippen LogP contribution in [0.3, 0.4) is 0 Å². The third-order valence-electron chi connectivity index (χ3n) is 3.95. The van der Waals surface area contributed by atoms with E-state index in [9.17, 15) is 21.6 Å². The number of halogens is 3. The second kappa shape index (κ2) is 8.29. The van der Waals surface area contributed by atoms with E-state index in [-0.39, 0.29) is 11.7 Å². The lowest BCUT2D eigenvalue weighted by Gasteiger charge is -2.23. The van der Waals surface area contributed by atoms with Crippen LogP contribution in [0.1, 0.15) is 5.56 Å². The molecular formula is C18H15F3N2O4S2. The van der Waals surface area contributed by atoms with Crippen LogP contribution in [0.2, 0.25) is 0 Å². The molecule has 1 aromatic heterocycles. The number of hydrogen-bond acceptors (Lipinski definition) is 6. The smallest absolute Gasteiger partial charge is 0.272 e. The van der Waals surface area contributed by atoms with E-state index < -0.39 is 32.4 Å². The highest BCUT2D eigenvalue weighted by Crippen LogP contribution is 2.33. The van der Waals surface area contributed by atoms with E-state index in [2.05, 4.69) is 4.98 Å². The van der Waals surface area contributed by atoms with Gasteiger partial charge in [0.1, 0.15) is 29.0 Å². The average Bonchev–Trinajstić information content (AvgIpc) is 3.18. The first-order valence-corrected chi connectivity index (χ1v) is 10.4. The molecule has 3 rings (SSSR count). The van der Waals surface area contributed by atoms with Crippen molar-refractivity contribution in [2.24, 2.45) is 0 Å². The molecule has 0 atom stereocenters. The van der Waals surface area contributed by atoms with Crippen molar-refractivity contribution in [1.29, 1.82) is 0 Å². The van der Waals surface area contributed by atoms with Crippen LogP contribution in [0.15, 0.2) is 46.8 Å². The Bertz CT molecular complexity index is 1100. The summed E-state index contributed by atoms with van der Waals surface area (Å²) in [4.78, 5) is 2.69. The fraction of sp³-hybridized carbons (Fsp3) is 0.167. The van der Waals surface area contributed by atoms with Crippen LogP contribution < -0.4 is 13.8 Å². The lowest BCUT2D eigenvalue weighted by atomic mass is 10.2. The summed E-state index contributed by atoms with van der Waals surface area (Å²) in [5.74, 6) is -3.51. The first-order chi connectivity index (χ1) is 13.8. The van der Waals surface area contributed by atoms with Crippen molar-refractivity contribution in [2.45, 2.75) is 11.4 Å². The highest BCUT2D eigenvalue weighted by atomic mass is 32.2. The summed E-state index contributed by atoms with van der Waals surface area (Å²) < 4.78 is 79.1. The van der Waals surface area contributed by atoms with Crippen LogP contribution in [-0.4, -0.2) is 27.6 Å². The van der Waals surface area contributed by atoms with Crippen LogP contribution in [0.4, 0.5) is 18.3 Å². The van der Waals surface area contributed by atoms with Crippen LogP contribution >= 0.6 is 11.3 Å². The van der Waals surface area contributed by atoms with Gasteiger partial charge >= 0.3 is 0 Å². The minimum Gasteiger partial charge on any atom is -0.497 e. The lowest BCUT2D eigenvalue weighted by molar-refractivity contribution is 0.391. The molecule has 0 aliphatic heterocycles. The van der Waals surface area contributed by atoms with Crippen LogP contribution in [0, 0.1) is 17.5 Å². The predicted octanol–water partition coefficient (Wildman–Crippen LogP) is 3.97. The summed E-state index contributed by atoms with van der Waals surface area (Å²) in [5, 5.41) is 1.49. The topological polar surface area (TPSA) is 68.7 Å². The quantitative estimate of drug-likeness (QED) is 0.552. The zero-order chi connectivity index (χ0) is 21.2. The van der Waals surface area contributed by atoms with E-state index in [0.29, 0.717) is 29.2 Å². The standard InChI is InChI=1S/C18H15F3N2O4S2/c1-26-13-4-3-11(16(9-13)27-2)10-23(18-22-5-6-28-18)29(24,25)17-14(20)7-12(19)8-15(17)21/h3-9H,10H2,1-2H3. The number of aromatic nitrogens is 1. The SMILES string of the molecule is COc1ccc(CN(c2nccs2)S(=O)(=O)c2c(F)cc(F)cc2F)c(OC)c1. The molecule has 6 nitrogen and oxygen atoms in total. The van der Waals surface area contributed by atoms with Crippen molar-refractivity contribution < 1.29 is 31.1 Å². The van der Waals surface area contributed by atoms with Crippen molar-refractivity contribution in [3.05, 3.63) is 64.9 Å². The van der Waals surface area contributed by atoms with Gasteiger partial charge in [0, 0.05) is 35.3 Å². The second-order valence-corrected chi connectivity index (χ2v) is 8.37. The molecule has 0 unspecified atom stereocenters. The van der Waals surface area contributed by atoms with E-state index in [1.54, 1.807) is 18.2 Å². The number of methoxy groups -OCH3 is 2. The van der Waals surface area contributed by atoms with E-state index in [1.165, 1.54) is 25.8 Å². The fourth-order valence-electron chi connectivity index (χ4n) is 2.62. The number of nitrogens with zero attached hydrogens (tertiary/aromatic N) is 2. The van der Waals surface area contributed by atoms with Crippen LogP contribution in [0.25, 0.3) is 0 Å². The molecule has 0 saturated carbocycles. The molecule has 2 aromatic carbocycles. The van der Waals surface area contributed by atoms with Gasteiger partial charge in [0.05, 0.1) is 20.8 Å². The van der Waals surface area contributed by atoms with Crippen molar-refractivity contribution >= 4 is 26.5 Å². The monoisotopic (exact) mass is 444 g/mol. The van der Waals surface area contributed by atoms with Gasteiger partial charge in [0.25, 0.3) is 10.0 Å². The Hall–Kier alpha value is -2.79. The van der Waals surface area contributed by atoms with Crippen molar-refractivity contribution in [3.8, 4) is 11.5 Å². The average molecular weight is 444 g/mol. The maximum absolute atomic E-state index is 14.2. The Morgan fingerprint density at radius 1 is 1.07 bits per heavy atom. The Balaban J connectivity index is 2.13. The molecule has 29 heavy (non-hydrogen) atoms. The van der Waals surface area contributed by atoms with Gasteiger partial charge in [0.15, 0.2) is 10.0 Å². The lowest BCUT2D eigenvalue weighted by Crippen LogP contribution is -2.32. The summed E-state index contributed by atoms with van der Waals surface area (Å²) in [6, 6.07) is 5.31.